The Morgan fingerprint density at radius 2 is 2.21 bits per heavy atom. The Morgan fingerprint density at radius 3 is 2.68 bits per heavy atom. The molecular weight excluding hydrogens is 240 g/mol. The van der Waals surface area contributed by atoms with E-state index in [1.165, 1.54) is 0 Å². The summed E-state index contributed by atoms with van der Waals surface area (Å²) in [7, 11) is 3.46. The summed E-state index contributed by atoms with van der Waals surface area (Å²) in [5.74, 6) is 1.33. The Hall–Kier alpha value is -1.62. The van der Waals surface area contributed by atoms with E-state index in [0.29, 0.717) is 18.0 Å². The number of nitrogens with one attached hydrogen (secondary N) is 1. The number of nitrogens with zero attached hydrogens (tertiary/aromatic N) is 2. The highest BCUT2D eigenvalue weighted by Crippen LogP contribution is 2.11. The lowest BCUT2D eigenvalue weighted by atomic mass is 10.0. The summed E-state index contributed by atoms with van der Waals surface area (Å²) < 4.78 is 0. The Morgan fingerprint density at radius 1 is 1.47 bits per heavy atom. The van der Waals surface area contributed by atoms with Crippen LogP contribution in [-0.2, 0) is 0 Å². The fourth-order valence-electron chi connectivity index (χ4n) is 1.82. The van der Waals surface area contributed by atoms with Crippen LogP contribution in [0.1, 0.15) is 30.1 Å². The normalized spacial score (nSPS) is 12.0. The van der Waals surface area contributed by atoms with Crippen molar-refractivity contribution in [3.8, 4) is 0 Å². The SMILES string of the molecule is CCC(CCN)CNc1ccc(C(=O)N(C)C)cn1. The zero-order valence-electron chi connectivity index (χ0n) is 12.0. The Balaban J connectivity index is 2.55. The van der Waals surface area contributed by atoms with E-state index >= 15 is 0 Å². The molecule has 1 aromatic rings. The number of nitrogens with two attached hydrogens (primary N) is 1. The van der Waals surface area contributed by atoms with Gasteiger partial charge in [0.15, 0.2) is 0 Å². The summed E-state index contributed by atoms with van der Waals surface area (Å²) in [6, 6.07) is 3.63. The molecule has 1 aromatic heterocycles. The standard InChI is InChI=1S/C14H24N4O/c1-4-11(7-8-15)9-16-13-6-5-12(10-17-13)14(19)18(2)3/h5-6,10-11H,4,7-9,15H2,1-3H3,(H,16,17). The lowest BCUT2D eigenvalue weighted by Crippen LogP contribution is -2.22. The molecule has 19 heavy (non-hydrogen) atoms. The minimum Gasteiger partial charge on any atom is -0.370 e. The molecule has 0 radical (unpaired) electrons. The van der Waals surface area contributed by atoms with Crippen LogP contribution in [0.4, 0.5) is 5.82 Å². The first kappa shape index (κ1) is 15.4. The molecule has 0 saturated carbocycles. The number of hydrogen-bond acceptors (Lipinski definition) is 4. The molecule has 0 aliphatic rings. The van der Waals surface area contributed by atoms with Gasteiger partial charge in [-0.15, -0.1) is 0 Å². The van der Waals surface area contributed by atoms with Gasteiger partial charge in [0.05, 0.1) is 5.56 Å². The van der Waals surface area contributed by atoms with Gasteiger partial charge in [-0.25, -0.2) is 4.98 Å². The minimum absolute atomic E-state index is 0.0337. The number of hydrogen-bond donors (Lipinski definition) is 2. The number of pyridine rings is 1. The quantitative estimate of drug-likeness (QED) is 0.784. The lowest BCUT2D eigenvalue weighted by Gasteiger charge is -2.15. The van der Waals surface area contributed by atoms with Gasteiger partial charge in [-0.2, -0.15) is 0 Å². The average Bonchev–Trinajstić information content (AvgIpc) is 2.43. The van der Waals surface area contributed by atoms with Crippen molar-refractivity contribution in [2.24, 2.45) is 11.7 Å². The molecule has 1 heterocycles. The molecule has 0 aromatic carbocycles. The van der Waals surface area contributed by atoms with Crippen LogP contribution in [0.25, 0.3) is 0 Å². The predicted molar refractivity (Wildman–Crippen MR) is 78.2 cm³/mol. The zero-order chi connectivity index (χ0) is 14.3. The van der Waals surface area contributed by atoms with Crippen molar-refractivity contribution >= 4 is 11.7 Å². The fourth-order valence-corrected chi connectivity index (χ4v) is 1.82. The number of carbonyl (C=O) groups is 1. The molecule has 1 unspecified atom stereocenters. The van der Waals surface area contributed by atoms with Crippen LogP contribution in [0.5, 0.6) is 0 Å². The highest BCUT2D eigenvalue weighted by Gasteiger charge is 2.09. The van der Waals surface area contributed by atoms with Crippen LogP contribution in [0.3, 0.4) is 0 Å². The first-order valence-electron chi connectivity index (χ1n) is 6.70. The summed E-state index contributed by atoms with van der Waals surface area (Å²) in [5, 5.41) is 3.28. The van der Waals surface area contributed by atoms with Crippen molar-refractivity contribution in [2.45, 2.75) is 19.8 Å². The topological polar surface area (TPSA) is 71.2 Å². The third-order valence-electron chi connectivity index (χ3n) is 3.14. The highest BCUT2D eigenvalue weighted by atomic mass is 16.2. The van der Waals surface area contributed by atoms with Crippen molar-refractivity contribution in [2.75, 3.05) is 32.5 Å². The molecule has 0 aliphatic heterocycles. The summed E-state index contributed by atoms with van der Waals surface area (Å²) >= 11 is 0. The molecular formula is C14H24N4O. The molecule has 0 aliphatic carbocycles. The second kappa shape index (κ2) is 7.74. The van der Waals surface area contributed by atoms with Crippen LogP contribution >= 0.6 is 0 Å². The minimum atomic E-state index is -0.0337. The number of anilines is 1. The first-order valence-corrected chi connectivity index (χ1v) is 6.70. The monoisotopic (exact) mass is 264 g/mol. The van der Waals surface area contributed by atoms with E-state index in [0.717, 1.165) is 25.2 Å². The molecule has 0 fully saturated rings. The van der Waals surface area contributed by atoms with Crippen LogP contribution in [-0.4, -0.2) is 43.0 Å². The number of carbonyl (C=O) groups excluding carboxylic acids is 1. The van der Waals surface area contributed by atoms with E-state index in [1.54, 1.807) is 31.3 Å². The molecule has 5 heteroatoms. The average molecular weight is 264 g/mol. The van der Waals surface area contributed by atoms with Gasteiger partial charge < -0.3 is 16.0 Å². The molecule has 1 amide bonds. The first-order chi connectivity index (χ1) is 9.08. The van der Waals surface area contributed by atoms with Gasteiger partial charge in [-0.05, 0) is 31.0 Å². The maximum atomic E-state index is 11.7. The smallest absolute Gasteiger partial charge is 0.254 e. The molecule has 3 N–H and O–H groups in total. The highest BCUT2D eigenvalue weighted by molar-refractivity contribution is 5.93. The molecule has 1 rings (SSSR count). The van der Waals surface area contributed by atoms with Crippen molar-refractivity contribution in [1.82, 2.24) is 9.88 Å². The molecule has 1 atom stereocenters. The van der Waals surface area contributed by atoms with E-state index in [2.05, 4.69) is 17.2 Å². The van der Waals surface area contributed by atoms with Gasteiger partial charge in [0.1, 0.15) is 5.82 Å². The maximum absolute atomic E-state index is 11.7. The third-order valence-corrected chi connectivity index (χ3v) is 3.14. The van der Waals surface area contributed by atoms with Crippen molar-refractivity contribution in [3.63, 3.8) is 0 Å². The Labute approximate surface area is 115 Å². The summed E-state index contributed by atoms with van der Waals surface area (Å²) in [6.07, 6.45) is 3.72. The van der Waals surface area contributed by atoms with Gasteiger partial charge in [0.2, 0.25) is 0 Å². The third kappa shape index (κ3) is 4.87. The van der Waals surface area contributed by atoms with Crippen LogP contribution < -0.4 is 11.1 Å². The zero-order valence-corrected chi connectivity index (χ0v) is 12.0. The van der Waals surface area contributed by atoms with Gasteiger partial charge >= 0.3 is 0 Å². The van der Waals surface area contributed by atoms with E-state index in [4.69, 9.17) is 5.73 Å². The Bertz CT molecular complexity index is 389. The molecule has 106 valence electrons. The van der Waals surface area contributed by atoms with Gasteiger partial charge in [0.25, 0.3) is 5.91 Å². The number of rotatable bonds is 7. The summed E-state index contributed by atoms with van der Waals surface area (Å²) in [6.45, 7) is 3.74. The second-order valence-corrected chi connectivity index (χ2v) is 4.86. The maximum Gasteiger partial charge on any atom is 0.254 e. The van der Waals surface area contributed by atoms with Crippen molar-refractivity contribution in [1.29, 1.82) is 0 Å². The summed E-state index contributed by atoms with van der Waals surface area (Å²) in [4.78, 5) is 17.5. The van der Waals surface area contributed by atoms with Crippen LogP contribution in [0.15, 0.2) is 18.3 Å². The molecule has 0 bridgehead atoms. The fraction of sp³-hybridized carbons (Fsp3) is 0.571. The van der Waals surface area contributed by atoms with E-state index < -0.39 is 0 Å². The van der Waals surface area contributed by atoms with Crippen LogP contribution in [0.2, 0.25) is 0 Å². The molecule has 5 nitrogen and oxygen atoms in total. The molecule has 0 saturated heterocycles. The van der Waals surface area contributed by atoms with E-state index in [9.17, 15) is 4.79 Å². The predicted octanol–water partition coefficient (Wildman–Crippen LogP) is 1.57. The van der Waals surface area contributed by atoms with E-state index in [1.807, 2.05) is 6.07 Å². The van der Waals surface area contributed by atoms with Gasteiger partial charge in [0, 0.05) is 26.8 Å². The van der Waals surface area contributed by atoms with Gasteiger partial charge in [-0.1, -0.05) is 13.3 Å². The Kier molecular flexibility index (Phi) is 6.29. The molecule has 0 spiro atoms. The van der Waals surface area contributed by atoms with Crippen LogP contribution in [0, 0.1) is 5.92 Å². The largest absolute Gasteiger partial charge is 0.370 e. The summed E-state index contributed by atoms with van der Waals surface area (Å²) in [5.41, 5.74) is 6.17. The van der Waals surface area contributed by atoms with Crippen molar-refractivity contribution < 1.29 is 4.79 Å². The van der Waals surface area contributed by atoms with Crippen molar-refractivity contribution in [3.05, 3.63) is 23.9 Å². The van der Waals surface area contributed by atoms with E-state index in [-0.39, 0.29) is 5.91 Å². The second-order valence-electron chi connectivity index (χ2n) is 4.86. The van der Waals surface area contributed by atoms with Gasteiger partial charge in [-0.3, -0.25) is 4.79 Å². The number of aromatic nitrogens is 1. The number of amides is 1. The lowest BCUT2D eigenvalue weighted by molar-refractivity contribution is 0.0827.